The van der Waals surface area contributed by atoms with Crippen molar-refractivity contribution < 1.29 is 5.21 Å². The molecule has 1 N–H and O–H groups in total. The first kappa shape index (κ1) is 9.16. The first-order valence-corrected chi connectivity index (χ1v) is 5.21. The Hall–Kier alpha value is -2.09. The summed E-state index contributed by atoms with van der Waals surface area (Å²) in [5.74, 6) is 0.0207. The minimum Gasteiger partial charge on any atom is -0.411 e. The summed E-state index contributed by atoms with van der Waals surface area (Å²) in [6.07, 6.45) is 6.02. The Morgan fingerprint density at radius 2 is 1.94 bits per heavy atom. The van der Waals surface area contributed by atoms with Crippen molar-refractivity contribution in [3.8, 4) is 0 Å². The summed E-state index contributed by atoms with van der Waals surface area (Å²) in [7, 11) is 0. The normalized spacial score (nSPS) is 24.2. The van der Waals surface area contributed by atoms with Gasteiger partial charge in [-0.05, 0) is 16.7 Å². The number of hydrogen-bond acceptors (Lipinski definition) is 2. The van der Waals surface area contributed by atoms with Gasteiger partial charge >= 0.3 is 0 Å². The number of allylic oxidation sites excluding steroid dienone is 5. The monoisotopic (exact) mass is 209 g/mol. The highest BCUT2D eigenvalue weighted by atomic mass is 16.4. The molecule has 0 aromatic heterocycles. The minimum absolute atomic E-state index is 0.0207. The van der Waals surface area contributed by atoms with Gasteiger partial charge in [0.2, 0.25) is 0 Å². The van der Waals surface area contributed by atoms with Crippen molar-refractivity contribution in [2.45, 2.75) is 0 Å². The SMILES string of the molecule is C=C1C=CC=C2c3ccccc3C(=NO)C12. The summed E-state index contributed by atoms with van der Waals surface area (Å²) in [6.45, 7) is 4.02. The zero-order valence-corrected chi connectivity index (χ0v) is 8.72. The molecule has 3 rings (SSSR count). The lowest BCUT2D eigenvalue weighted by Gasteiger charge is -2.16. The predicted molar refractivity (Wildman–Crippen MR) is 64.5 cm³/mol. The van der Waals surface area contributed by atoms with Crippen LogP contribution in [0.1, 0.15) is 11.1 Å². The van der Waals surface area contributed by atoms with Gasteiger partial charge in [-0.25, -0.2) is 0 Å². The molecule has 2 aliphatic rings. The molecular formula is C14H11NO. The number of rotatable bonds is 0. The van der Waals surface area contributed by atoms with Crippen LogP contribution < -0.4 is 0 Å². The van der Waals surface area contributed by atoms with Gasteiger partial charge in [0.1, 0.15) is 0 Å². The molecule has 0 amide bonds. The molecule has 1 unspecified atom stereocenters. The zero-order chi connectivity index (χ0) is 11.1. The molecular weight excluding hydrogens is 198 g/mol. The quantitative estimate of drug-likeness (QED) is 0.517. The number of oxime groups is 1. The molecule has 1 atom stereocenters. The minimum atomic E-state index is 0.0207. The van der Waals surface area contributed by atoms with E-state index in [-0.39, 0.29) is 5.92 Å². The second kappa shape index (κ2) is 3.20. The molecule has 0 bridgehead atoms. The van der Waals surface area contributed by atoms with Crippen molar-refractivity contribution in [3.63, 3.8) is 0 Å². The van der Waals surface area contributed by atoms with E-state index >= 15 is 0 Å². The third-order valence-corrected chi connectivity index (χ3v) is 3.16. The predicted octanol–water partition coefficient (Wildman–Crippen LogP) is 3.00. The third-order valence-electron chi connectivity index (χ3n) is 3.16. The van der Waals surface area contributed by atoms with Crippen LogP contribution in [0, 0.1) is 5.92 Å². The van der Waals surface area contributed by atoms with E-state index in [0.717, 1.165) is 16.7 Å². The topological polar surface area (TPSA) is 32.6 Å². The molecule has 0 saturated carbocycles. The average Bonchev–Trinajstić information content (AvgIpc) is 2.65. The molecule has 0 fully saturated rings. The van der Waals surface area contributed by atoms with Gasteiger partial charge in [-0.1, -0.05) is 54.2 Å². The first-order valence-electron chi connectivity index (χ1n) is 5.21. The smallest absolute Gasteiger partial charge is 0.0992 e. The van der Waals surface area contributed by atoms with Gasteiger partial charge in [-0.2, -0.15) is 0 Å². The molecule has 0 spiro atoms. The average molecular weight is 209 g/mol. The van der Waals surface area contributed by atoms with Crippen LogP contribution in [0.3, 0.4) is 0 Å². The molecule has 2 heteroatoms. The number of benzene rings is 1. The van der Waals surface area contributed by atoms with Gasteiger partial charge in [0.15, 0.2) is 0 Å². The molecule has 0 saturated heterocycles. The Kier molecular flexibility index (Phi) is 1.83. The standard InChI is InChI=1S/C14H11NO/c1-9-5-4-8-11-10-6-2-3-7-12(10)14(15-16)13(9)11/h2-8,13,16H,1H2. The van der Waals surface area contributed by atoms with Crippen LogP contribution >= 0.6 is 0 Å². The summed E-state index contributed by atoms with van der Waals surface area (Å²) >= 11 is 0. The molecule has 78 valence electrons. The van der Waals surface area contributed by atoms with Gasteiger partial charge in [0, 0.05) is 5.56 Å². The van der Waals surface area contributed by atoms with Crippen LogP contribution in [0.2, 0.25) is 0 Å². The molecule has 1 aromatic carbocycles. The van der Waals surface area contributed by atoms with Gasteiger partial charge in [0.05, 0.1) is 11.6 Å². The molecule has 0 heterocycles. The van der Waals surface area contributed by atoms with Crippen LogP contribution in [0.4, 0.5) is 0 Å². The van der Waals surface area contributed by atoms with Gasteiger partial charge < -0.3 is 5.21 Å². The third kappa shape index (κ3) is 1.04. The number of hydrogen-bond donors (Lipinski definition) is 1. The van der Waals surface area contributed by atoms with Gasteiger partial charge in [-0.3, -0.25) is 0 Å². The fraction of sp³-hybridized carbons (Fsp3) is 0.0714. The Labute approximate surface area is 93.9 Å². The Balaban J connectivity index is 2.30. The fourth-order valence-electron chi connectivity index (χ4n) is 2.46. The van der Waals surface area contributed by atoms with E-state index in [1.54, 1.807) is 0 Å². The highest BCUT2D eigenvalue weighted by Gasteiger charge is 2.35. The lowest BCUT2D eigenvalue weighted by atomic mass is 9.88. The van der Waals surface area contributed by atoms with Crippen LogP contribution in [0.5, 0.6) is 0 Å². The van der Waals surface area contributed by atoms with Crippen LogP contribution in [-0.4, -0.2) is 10.9 Å². The lowest BCUT2D eigenvalue weighted by Crippen LogP contribution is -2.12. The highest BCUT2D eigenvalue weighted by Crippen LogP contribution is 2.42. The van der Waals surface area contributed by atoms with E-state index in [1.165, 1.54) is 5.57 Å². The Morgan fingerprint density at radius 1 is 1.19 bits per heavy atom. The maximum Gasteiger partial charge on any atom is 0.0992 e. The van der Waals surface area contributed by atoms with E-state index in [2.05, 4.69) is 23.9 Å². The summed E-state index contributed by atoms with van der Waals surface area (Å²) < 4.78 is 0. The van der Waals surface area contributed by atoms with Crippen molar-refractivity contribution in [1.29, 1.82) is 0 Å². The van der Waals surface area contributed by atoms with Crippen LogP contribution in [0.15, 0.2) is 59.8 Å². The largest absolute Gasteiger partial charge is 0.411 e. The Morgan fingerprint density at radius 3 is 2.69 bits per heavy atom. The van der Waals surface area contributed by atoms with Crippen molar-refractivity contribution >= 4 is 11.3 Å². The van der Waals surface area contributed by atoms with E-state index < -0.39 is 0 Å². The first-order chi connectivity index (χ1) is 7.83. The van der Waals surface area contributed by atoms with E-state index in [4.69, 9.17) is 5.21 Å². The summed E-state index contributed by atoms with van der Waals surface area (Å²) in [4.78, 5) is 0. The highest BCUT2D eigenvalue weighted by molar-refractivity contribution is 6.19. The van der Waals surface area contributed by atoms with E-state index in [9.17, 15) is 0 Å². The van der Waals surface area contributed by atoms with Crippen molar-refractivity contribution in [2.24, 2.45) is 11.1 Å². The Bertz CT molecular complexity index is 564. The molecule has 2 nitrogen and oxygen atoms in total. The number of nitrogens with zero attached hydrogens (tertiary/aromatic N) is 1. The molecule has 2 aliphatic carbocycles. The van der Waals surface area contributed by atoms with E-state index in [1.807, 2.05) is 30.4 Å². The number of fused-ring (bicyclic) bond motifs is 3. The van der Waals surface area contributed by atoms with Crippen LogP contribution in [0.25, 0.3) is 5.57 Å². The second-order valence-electron chi connectivity index (χ2n) is 4.02. The maximum absolute atomic E-state index is 9.17. The lowest BCUT2D eigenvalue weighted by molar-refractivity contribution is 0.317. The summed E-state index contributed by atoms with van der Waals surface area (Å²) in [5.41, 5.74) is 5.01. The van der Waals surface area contributed by atoms with Crippen molar-refractivity contribution in [1.82, 2.24) is 0 Å². The van der Waals surface area contributed by atoms with Crippen molar-refractivity contribution in [2.75, 3.05) is 0 Å². The fourth-order valence-corrected chi connectivity index (χ4v) is 2.46. The molecule has 16 heavy (non-hydrogen) atoms. The van der Waals surface area contributed by atoms with E-state index in [0.29, 0.717) is 5.71 Å². The molecule has 0 radical (unpaired) electrons. The van der Waals surface area contributed by atoms with Crippen molar-refractivity contribution in [3.05, 3.63) is 65.8 Å². The zero-order valence-electron chi connectivity index (χ0n) is 8.72. The van der Waals surface area contributed by atoms with Crippen LogP contribution in [-0.2, 0) is 0 Å². The summed E-state index contributed by atoms with van der Waals surface area (Å²) in [6, 6.07) is 7.99. The maximum atomic E-state index is 9.17. The summed E-state index contributed by atoms with van der Waals surface area (Å²) in [5, 5.41) is 12.6. The second-order valence-corrected chi connectivity index (χ2v) is 4.02. The van der Waals surface area contributed by atoms with Gasteiger partial charge in [0.25, 0.3) is 0 Å². The molecule has 0 aliphatic heterocycles. The van der Waals surface area contributed by atoms with Gasteiger partial charge in [-0.15, -0.1) is 0 Å². The molecule has 1 aromatic rings.